The molecule has 8 heteroatoms. The zero-order valence-corrected chi connectivity index (χ0v) is 16.4. The Hall–Kier alpha value is -2.77. The summed E-state index contributed by atoms with van der Waals surface area (Å²) in [7, 11) is 0. The van der Waals surface area contributed by atoms with Crippen molar-refractivity contribution >= 4 is 28.2 Å². The Labute approximate surface area is 169 Å². The zero-order valence-electron chi connectivity index (χ0n) is 15.6. The Morgan fingerprint density at radius 1 is 1.21 bits per heavy atom. The number of epoxide rings is 1. The molecule has 2 aromatic carbocycles. The predicted octanol–water partition coefficient (Wildman–Crippen LogP) is 4.38. The number of hydrogen-bond donors (Lipinski definition) is 0. The number of aryl methyl sites for hydroxylation is 1. The number of rotatable bonds is 3. The highest BCUT2D eigenvalue weighted by atomic mass is 35.5. The molecule has 1 aliphatic heterocycles. The maximum absolute atomic E-state index is 14.4. The molecule has 5 nitrogen and oxygen atoms in total. The molecule has 1 aliphatic rings. The molecule has 5 rings (SSSR count). The third-order valence-electron chi connectivity index (χ3n) is 5.68. The largest absolute Gasteiger partial charge is 0.362 e. The average Bonchev–Trinajstić information content (AvgIpc) is 3.41. The quantitative estimate of drug-likeness (QED) is 0.467. The van der Waals surface area contributed by atoms with E-state index in [0.717, 1.165) is 17.0 Å². The van der Waals surface area contributed by atoms with Gasteiger partial charge in [0.25, 0.3) is 0 Å². The summed E-state index contributed by atoms with van der Waals surface area (Å²) in [6.07, 6.45) is 0. The van der Waals surface area contributed by atoms with Crippen LogP contribution in [0.25, 0.3) is 16.6 Å². The van der Waals surface area contributed by atoms with Crippen molar-refractivity contribution < 1.29 is 13.5 Å². The second-order valence-corrected chi connectivity index (χ2v) is 7.82. The van der Waals surface area contributed by atoms with Gasteiger partial charge in [-0.2, -0.15) is 0 Å². The number of nitrogens with zero attached hydrogens (tertiary/aromatic N) is 3. The standard InChI is InChI=1S/C21H16ClF2N3O2/c1-11-7-19-25-27(20(28)26(19)18-6-3-13(22)8-15(11)18)12(2)21(10-29-21)16-5-4-14(23)9-17(16)24/h3-9,12H,10H2,1-2H3/t12-,21-/m1/s1. The first-order chi connectivity index (χ1) is 13.8. The summed E-state index contributed by atoms with van der Waals surface area (Å²) in [6.45, 7) is 3.88. The van der Waals surface area contributed by atoms with Gasteiger partial charge in [0, 0.05) is 22.0 Å². The van der Waals surface area contributed by atoms with Crippen molar-refractivity contribution in [3.05, 3.63) is 80.7 Å². The van der Waals surface area contributed by atoms with E-state index in [1.807, 2.05) is 13.0 Å². The second kappa shape index (κ2) is 6.11. The lowest BCUT2D eigenvalue weighted by molar-refractivity contribution is 0.211. The molecule has 29 heavy (non-hydrogen) atoms. The van der Waals surface area contributed by atoms with Gasteiger partial charge in [-0.05, 0) is 49.7 Å². The fourth-order valence-electron chi connectivity index (χ4n) is 3.99. The highest BCUT2D eigenvalue weighted by Gasteiger charge is 2.54. The van der Waals surface area contributed by atoms with E-state index in [4.69, 9.17) is 16.3 Å². The van der Waals surface area contributed by atoms with Gasteiger partial charge in [0.15, 0.2) is 5.65 Å². The molecule has 2 aromatic heterocycles. The molecular formula is C21H16ClF2N3O2. The van der Waals surface area contributed by atoms with Crippen molar-refractivity contribution in [2.24, 2.45) is 0 Å². The highest BCUT2D eigenvalue weighted by Crippen LogP contribution is 2.48. The van der Waals surface area contributed by atoms with E-state index in [0.29, 0.717) is 16.2 Å². The van der Waals surface area contributed by atoms with E-state index in [2.05, 4.69) is 5.10 Å². The molecule has 0 radical (unpaired) electrons. The normalized spacial score (nSPS) is 19.8. The summed E-state index contributed by atoms with van der Waals surface area (Å²) in [4.78, 5) is 13.2. The number of pyridine rings is 1. The first-order valence-electron chi connectivity index (χ1n) is 9.11. The minimum Gasteiger partial charge on any atom is -0.362 e. The summed E-state index contributed by atoms with van der Waals surface area (Å²) in [5.74, 6) is -1.37. The third-order valence-corrected chi connectivity index (χ3v) is 5.92. The van der Waals surface area contributed by atoms with Gasteiger partial charge in [0.1, 0.15) is 17.2 Å². The van der Waals surface area contributed by atoms with Crippen molar-refractivity contribution in [2.75, 3.05) is 6.61 Å². The summed E-state index contributed by atoms with van der Waals surface area (Å²) >= 11 is 6.11. The van der Waals surface area contributed by atoms with Crippen molar-refractivity contribution in [1.29, 1.82) is 0 Å². The van der Waals surface area contributed by atoms with Crippen LogP contribution in [0.1, 0.15) is 24.1 Å². The molecule has 1 saturated heterocycles. The first kappa shape index (κ1) is 18.3. The summed E-state index contributed by atoms with van der Waals surface area (Å²) in [6, 6.07) is 9.86. The van der Waals surface area contributed by atoms with Crippen molar-refractivity contribution in [3.63, 3.8) is 0 Å². The van der Waals surface area contributed by atoms with Crippen LogP contribution in [0, 0.1) is 18.6 Å². The first-order valence-corrected chi connectivity index (χ1v) is 9.49. The van der Waals surface area contributed by atoms with Gasteiger partial charge >= 0.3 is 5.69 Å². The maximum Gasteiger partial charge on any atom is 0.351 e. The van der Waals surface area contributed by atoms with Gasteiger partial charge in [-0.15, -0.1) is 5.10 Å². The molecule has 3 heterocycles. The van der Waals surface area contributed by atoms with E-state index in [-0.39, 0.29) is 17.9 Å². The predicted molar refractivity (Wildman–Crippen MR) is 105 cm³/mol. The molecule has 0 unspecified atom stereocenters. The Morgan fingerprint density at radius 3 is 2.66 bits per heavy atom. The van der Waals surface area contributed by atoms with Crippen LogP contribution in [0.2, 0.25) is 5.02 Å². The minimum absolute atomic E-state index is 0.211. The fraction of sp³-hybridized carbons (Fsp3) is 0.238. The van der Waals surface area contributed by atoms with Crippen LogP contribution < -0.4 is 5.69 Å². The number of benzene rings is 2. The van der Waals surface area contributed by atoms with Crippen LogP contribution in [-0.4, -0.2) is 20.8 Å². The Balaban J connectivity index is 1.70. The molecule has 0 spiro atoms. The van der Waals surface area contributed by atoms with Crippen LogP contribution >= 0.6 is 11.6 Å². The van der Waals surface area contributed by atoms with Crippen molar-refractivity contribution in [1.82, 2.24) is 14.2 Å². The molecule has 0 saturated carbocycles. The van der Waals surface area contributed by atoms with Crippen molar-refractivity contribution in [2.45, 2.75) is 25.5 Å². The number of hydrogen-bond acceptors (Lipinski definition) is 3. The molecule has 0 amide bonds. The lowest BCUT2D eigenvalue weighted by atomic mass is 9.92. The van der Waals surface area contributed by atoms with Crippen LogP contribution in [-0.2, 0) is 10.3 Å². The lowest BCUT2D eigenvalue weighted by Gasteiger charge is -2.20. The summed E-state index contributed by atoms with van der Waals surface area (Å²) in [5.41, 5.74) is 0.881. The molecular weight excluding hydrogens is 400 g/mol. The summed E-state index contributed by atoms with van der Waals surface area (Å²) < 4.78 is 36.2. The van der Waals surface area contributed by atoms with Gasteiger partial charge in [-0.1, -0.05) is 17.7 Å². The third kappa shape index (κ3) is 2.61. The van der Waals surface area contributed by atoms with Gasteiger partial charge in [-0.25, -0.2) is 22.7 Å². The highest BCUT2D eigenvalue weighted by molar-refractivity contribution is 6.31. The van der Waals surface area contributed by atoms with E-state index < -0.39 is 23.3 Å². The molecule has 2 atom stereocenters. The summed E-state index contributed by atoms with van der Waals surface area (Å²) in [5, 5.41) is 5.91. The van der Waals surface area contributed by atoms with Gasteiger partial charge in [0.05, 0.1) is 18.2 Å². The monoisotopic (exact) mass is 415 g/mol. The average molecular weight is 416 g/mol. The van der Waals surface area contributed by atoms with E-state index in [9.17, 15) is 13.6 Å². The van der Waals surface area contributed by atoms with Gasteiger partial charge < -0.3 is 4.74 Å². The number of aromatic nitrogens is 3. The maximum atomic E-state index is 14.4. The number of ether oxygens (including phenoxy) is 1. The van der Waals surface area contributed by atoms with Crippen LogP contribution in [0.15, 0.2) is 47.3 Å². The molecule has 148 valence electrons. The van der Waals surface area contributed by atoms with Gasteiger partial charge in [0.2, 0.25) is 0 Å². The molecule has 4 aromatic rings. The van der Waals surface area contributed by atoms with Crippen molar-refractivity contribution in [3.8, 4) is 0 Å². The van der Waals surface area contributed by atoms with E-state index >= 15 is 0 Å². The molecule has 0 aliphatic carbocycles. The molecule has 0 N–H and O–H groups in total. The van der Waals surface area contributed by atoms with Crippen LogP contribution in [0.3, 0.4) is 0 Å². The topological polar surface area (TPSA) is 51.8 Å². The number of fused-ring (bicyclic) bond motifs is 3. The minimum atomic E-state index is -1.06. The Morgan fingerprint density at radius 2 is 1.97 bits per heavy atom. The smallest absolute Gasteiger partial charge is 0.351 e. The lowest BCUT2D eigenvalue weighted by Crippen LogP contribution is -2.33. The Bertz CT molecular complexity index is 1360. The SMILES string of the molecule is Cc1cc2nn([C@H](C)[C@@]3(c4ccc(F)cc4F)CO3)c(=O)n2c2ccc(Cl)cc12. The van der Waals surface area contributed by atoms with Gasteiger partial charge in [-0.3, -0.25) is 0 Å². The van der Waals surface area contributed by atoms with E-state index in [1.54, 1.807) is 25.1 Å². The van der Waals surface area contributed by atoms with E-state index in [1.165, 1.54) is 21.2 Å². The van der Waals surface area contributed by atoms with Crippen LogP contribution in [0.4, 0.5) is 8.78 Å². The Kier molecular flexibility index (Phi) is 3.85. The zero-order chi connectivity index (χ0) is 20.5. The molecule has 0 bridgehead atoms. The number of halogens is 3. The fourth-order valence-corrected chi connectivity index (χ4v) is 4.16. The van der Waals surface area contributed by atoms with Crippen LogP contribution in [0.5, 0.6) is 0 Å². The molecule has 1 fully saturated rings. The second-order valence-electron chi connectivity index (χ2n) is 7.39.